The number of methoxy groups -OCH3 is 2. The molecule has 0 spiro atoms. The Morgan fingerprint density at radius 1 is 1.25 bits per heavy atom. The molecule has 168 valence electrons. The first kappa shape index (κ1) is 22.7. The van der Waals surface area contributed by atoms with Gasteiger partial charge in [-0.25, -0.2) is 9.59 Å². The average Bonchev–Trinajstić information content (AvgIpc) is 3.35. The Kier molecular flexibility index (Phi) is 6.99. The zero-order valence-corrected chi connectivity index (χ0v) is 18.1. The molecule has 0 atom stereocenters. The maximum Gasteiger partial charge on any atom is 0.373 e. The first-order valence-corrected chi connectivity index (χ1v) is 9.88. The van der Waals surface area contributed by atoms with Crippen molar-refractivity contribution in [3.05, 3.63) is 65.3 Å². The van der Waals surface area contributed by atoms with E-state index >= 15 is 0 Å². The highest BCUT2D eigenvalue weighted by molar-refractivity contribution is 6.13. The number of furan rings is 1. The van der Waals surface area contributed by atoms with Crippen molar-refractivity contribution in [2.45, 2.75) is 19.9 Å². The molecule has 1 saturated heterocycles. The predicted molar refractivity (Wildman–Crippen MR) is 115 cm³/mol. The van der Waals surface area contributed by atoms with Crippen LogP contribution in [0.1, 0.15) is 34.4 Å². The lowest BCUT2D eigenvalue weighted by Gasteiger charge is -2.15. The van der Waals surface area contributed by atoms with Crippen molar-refractivity contribution in [3.8, 4) is 11.5 Å². The van der Waals surface area contributed by atoms with E-state index in [1.807, 2.05) is 13.0 Å². The Morgan fingerprint density at radius 3 is 2.69 bits per heavy atom. The predicted octanol–water partition coefficient (Wildman–Crippen LogP) is 3.29. The third kappa shape index (κ3) is 4.66. The summed E-state index contributed by atoms with van der Waals surface area (Å²) in [6.45, 7) is 5.98. The molecule has 3 rings (SSSR count). The molecular weight excluding hydrogens is 416 g/mol. The van der Waals surface area contributed by atoms with Gasteiger partial charge in [0.15, 0.2) is 11.5 Å². The summed E-state index contributed by atoms with van der Waals surface area (Å²) in [6.07, 6.45) is 3.84. The highest BCUT2D eigenvalue weighted by atomic mass is 16.5. The van der Waals surface area contributed by atoms with Gasteiger partial charge in [0.05, 0.1) is 27.4 Å². The van der Waals surface area contributed by atoms with Gasteiger partial charge in [0.2, 0.25) is 5.76 Å². The molecule has 1 fully saturated rings. The van der Waals surface area contributed by atoms with E-state index in [0.29, 0.717) is 30.1 Å². The Labute approximate surface area is 185 Å². The normalized spacial score (nSPS) is 14.5. The lowest BCUT2D eigenvalue weighted by Crippen LogP contribution is -2.30. The summed E-state index contributed by atoms with van der Waals surface area (Å²) in [7, 11) is 2.76. The minimum atomic E-state index is -0.645. The van der Waals surface area contributed by atoms with E-state index in [9.17, 15) is 14.4 Å². The van der Waals surface area contributed by atoms with E-state index in [1.54, 1.807) is 18.2 Å². The number of allylic oxidation sites excluding steroid dienone is 1. The number of imide groups is 1. The Morgan fingerprint density at radius 2 is 2.03 bits per heavy atom. The first-order valence-electron chi connectivity index (χ1n) is 9.88. The molecular formula is C23H24N2O7. The van der Waals surface area contributed by atoms with Crippen LogP contribution in [0.25, 0.3) is 6.08 Å². The summed E-state index contributed by atoms with van der Waals surface area (Å²) in [5.74, 6) is 0.211. The van der Waals surface area contributed by atoms with Gasteiger partial charge in [-0.3, -0.25) is 9.69 Å². The van der Waals surface area contributed by atoms with Gasteiger partial charge in [0.1, 0.15) is 11.5 Å². The second-order valence-electron chi connectivity index (χ2n) is 6.77. The van der Waals surface area contributed by atoms with Crippen LogP contribution in [0.3, 0.4) is 0 Å². The number of ether oxygens (including phenoxy) is 3. The van der Waals surface area contributed by atoms with E-state index in [2.05, 4.69) is 16.6 Å². The molecule has 3 amide bonds. The monoisotopic (exact) mass is 440 g/mol. The first-order chi connectivity index (χ1) is 15.4. The lowest BCUT2D eigenvalue weighted by molar-refractivity contribution is -0.123. The van der Waals surface area contributed by atoms with Crippen LogP contribution >= 0.6 is 0 Å². The van der Waals surface area contributed by atoms with Crippen LogP contribution in [0.5, 0.6) is 11.5 Å². The van der Waals surface area contributed by atoms with Gasteiger partial charge in [0.25, 0.3) is 5.91 Å². The number of hydrogen-bond acceptors (Lipinski definition) is 7. The van der Waals surface area contributed by atoms with Crippen molar-refractivity contribution in [3.63, 3.8) is 0 Å². The summed E-state index contributed by atoms with van der Waals surface area (Å²) in [4.78, 5) is 37.7. The van der Waals surface area contributed by atoms with Gasteiger partial charge in [-0.05, 0) is 49.2 Å². The number of esters is 1. The number of rotatable bonds is 9. The van der Waals surface area contributed by atoms with Crippen LogP contribution in [0.15, 0.2) is 47.0 Å². The van der Waals surface area contributed by atoms with Crippen LogP contribution < -0.4 is 14.8 Å². The van der Waals surface area contributed by atoms with Gasteiger partial charge >= 0.3 is 12.0 Å². The van der Waals surface area contributed by atoms with Gasteiger partial charge in [-0.1, -0.05) is 6.08 Å². The van der Waals surface area contributed by atoms with E-state index in [0.717, 1.165) is 10.5 Å². The molecule has 1 aliphatic rings. The number of amides is 3. The Hall–Kier alpha value is -4.01. The SMILES string of the molecule is C=CCc1cc(/C=C2\NC(=O)N(Cc3ccc(C(=O)OC)o3)C2=O)cc(OC)c1OCC. The standard InChI is InChI=1S/C23H24N2O7/c1-5-7-15-10-14(12-19(29-3)20(15)31-6-2)11-17-21(26)25(23(28)24-17)13-16-8-9-18(32-16)22(27)30-4/h5,8-12H,1,6-7,13H2,2-4H3,(H,24,28)/b17-11-. The third-order valence-electron chi connectivity index (χ3n) is 4.66. The second kappa shape index (κ2) is 9.86. The molecule has 1 N–H and O–H groups in total. The Balaban J connectivity index is 1.86. The summed E-state index contributed by atoms with van der Waals surface area (Å²) < 4.78 is 21.1. The molecule has 0 saturated carbocycles. The van der Waals surface area contributed by atoms with E-state index < -0.39 is 17.9 Å². The van der Waals surface area contributed by atoms with Crippen molar-refractivity contribution in [1.29, 1.82) is 0 Å². The molecule has 0 unspecified atom stereocenters. The number of nitrogens with zero attached hydrogens (tertiary/aromatic N) is 1. The fraction of sp³-hybridized carbons (Fsp3) is 0.261. The van der Waals surface area contributed by atoms with Gasteiger partial charge in [-0.15, -0.1) is 6.58 Å². The molecule has 1 aromatic heterocycles. The van der Waals surface area contributed by atoms with Crippen molar-refractivity contribution >= 4 is 24.0 Å². The van der Waals surface area contributed by atoms with Crippen LogP contribution in [-0.4, -0.2) is 43.6 Å². The molecule has 1 aromatic carbocycles. The van der Waals surface area contributed by atoms with Crippen LogP contribution in [0.4, 0.5) is 4.79 Å². The van der Waals surface area contributed by atoms with Crippen LogP contribution in [0.2, 0.25) is 0 Å². The molecule has 9 heteroatoms. The molecule has 0 aliphatic carbocycles. The number of urea groups is 1. The van der Waals surface area contributed by atoms with Crippen molar-refractivity contribution in [1.82, 2.24) is 10.2 Å². The maximum absolute atomic E-state index is 12.8. The number of carbonyl (C=O) groups is 3. The largest absolute Gasteiger partial charge is 0.493 e. The quantitative estimate of drug-likeness (QED) is 0.276. The molecule has 0 bridgehead atoms. The summed E-state index contributed by atoms with van der Waals surface area (Å²) in [5.41, 5.74) is 1.59. The molecule has 32 heavy (non-hydrogen) atoms. The fourth-order valence-corrected chi connectivity index (χ4v) is 3.24. The van der Waals surface area contributed by atoms with E-state index in [4.69, 9.17) is 13.9 Å². The minimum absolute atomic E-state index is 0.0125. The fourth-order valence-electron chi connectivity index (χ4n) is 3.24. The summed E-state index contributed by atoms with van der Waals surface area (Å²) in [5, 5.41) is 2.56. The molecule has 9 nitrogen and oxygen atoms in total. The molecule has 2 heterocycles. The molecule has 2 aromatic rings. The number of hydrogen-bond donors (Lipinski definition) is 1. The number of nitrogens with one attached hydrogen (secondary N) is 1. The van der Waals surface area contributed by atoms with Crippen LogP contribution in [-0.2, 0) is 22.5 Å². The average molecular weight is 440 g/mol. The highest BCUT2D eigenvalue weighted by Gasteiger charge is 2.34. The number of benzene rings is 1. The second-order valence-corrected chi connectivity index (χ2v) is 6.77. The summed E-state index contributed by atoms with van der Waals surface area (Å²) >= 11 is 0. The maximum atomic E-state index is 12.8. The van der Waals surface area contributed by atoms with Crippen molar-refractivity contribution in [2.75, 3.05) is 20.8 Å². The minimum Gasteiger partial charge on any atom is -0.493 e. The Bertz CT molecular complexity index is 1080. The van der Waals surface area contributed by atoms with E-state index in [-0.39, 0.29) is 23.8 Å². The van der Waals surface area contributed by atoms with Gasteiger partial charge in [0, 0.05) is 5.56 Å². The zero-order valence-electron chi connectivity index (χ0n) is 18.1. The van der Waals surface area contributed by atoms with Crippen LogP contribution in [0, 0.1) is 0 Å². The zero-order chi connectivity index (χ0) is 23.3. The molecule has 0 radical (unpaired) electrons. The number of carbonyl (C=O) groups excluding carboxylic acids is 3. The van der Waals surface area contributed by atoms with Gasteiger partial charge in [-0.2, -0.15) is 0 Å². The lowest BCUT2D eigenvalue weighted by atomic mass is 10.0. The highest BCUT2D eigenvalue weighted by Crippen LogP contribution is 2.34. The smallest absolute Gasteiger partial charge is 0.373 e. The van der Waals surface area contributed by atoms with Crippen molar-refractivity contribution < 1.29 is 33.0 Å². The summed E-state index contributed by atoms with van der Waals surface area (Å²) in [6, 6.07) is 5.90. The topological polar surface area (TPSA) is 107 Å². The van der Waals surface area contributed by atoms with E-state index in [1.165, 1.54) is 26.4 Å². The molecule has 1 aliphatic heterocycles. The van der Waals surface area contributed by atoms with Gasteiger partial charge < -0.3 is 23.9 Å². The van der Waals surface area contributed by atoms with Crippen molar-refractivity contribution in [2.24, 2.45) is 0 Å². The third-order valence-corrected chi connectivity index (χ3v) is 4.66.